The first kappa shape index (κ1) is 15.4. The lowest BCUT2D eigenvalue weighted by Gasteiger charge is -2.25. The van der Waals surface area contributed by atoms with Gasteiger partial charge in [-0.3, -0.25) is 0 Å². The summed E-state index contributed by atoms with van der Waals surface area (Å²) in [4.78, 5) is 14.4. The molecule has 0 aromatic heterocycles. The number of para-hydroxylation sites is 1. The molecule has 4 heteroatoms. The fraction of sp³-hybridized carbons (Fsp3) is 0.471. The number of carbonyl (C=O) groups is 1. The third kappa shape index (κ3) is 3.57. The van der Waals surface area contributed by atoms with E-state index in [2.05, 4.69) is 24.4 Å². The van der Waals surface area contributed by atoms with Crippen molar-refractivity contribution >= 4 is 11.7 Å². The Labute approximate surface area is 126 Å². The maximum absolute atomic E-state index is 12.5. The molecule has 1 N–H and O–H groups in total. The number of amides is 2. The Balaban J connectivity index is 2.08. The van der Waals surface area contributed by atoms with Crippen LogP contribution in [-0.4, -0.2) is 30.6 Å². The van der Waals surface area contributed by atoms with Gasteiger partial charge in [0.05, 0.1) is 18.8 Å². The van der Waals surface area contributed by atoms with Crippen molar-refractivity contribution in [2.45, 2.75) is 39.2 Å². The molecule has 1 aliphatic rings. The Morgan fingerprint density at radius 1 is 1.48 bits per heavy atom. The van der Waals surface area contributed by atoms with Crippen LogP contribution in [0, 0.1) is 6.92 Å². The van der Waals surface area contributed by atoms with Gasteiger partial charge in [-0.25, -0.2) is 4.79 Å². The van der Waals surface area contributed by atoms with Gasteiger partial charge in [0.2, 0.25) is 0 Å². The molecule has 4 nitrogen and oxygen atoms in total. The number of unbranched alkanes of at least 4 members (excludes halogenated alkanes) is 1. The number of hydrogen-bond acceptors (Lipinski definition) is 2. The van der Waals surface area contributed by atoms with Crippen molar-refractivity contribution in [1.29, 1.82) is 0 Å². The van der Waals surface area contributed by atoms with Crippen LogP contribution in [-0.2, 0) is 0 Å². The molecule has 21 heavy (non-hydrogen) atoms. The Kier molecular flexibility index (Phi) is 5.26. The van der Waals surface area contributed by atoms with Gasteiger partial charge >= 0.3 is 6.03 Å². The summed E-state index contributed by atoms with van der Waals surface area (Å²) in [6.07, 6.45) is 7.49. The average Bonchev–Trinajstić information content (AvgIpc) is 2.95. The summed E-state index contributed by atoms with van der Waals surface area (Å²) in [6, 6.07) is 5.90. The number of methoxy groups -OCH3 is 1. The van der Waals surface area contributed by atoms with Gasteiger partial charge in [0.25, 0.3) is 0 Å². The molecule has 2 rings (SSSR count). The molecule has 114 valence electrons. The van der Waals surface area contributed by atoms with E-state index in [1.54, 1.807) is 7.11 Å². The highest BCUT2D eigenvalue weighted by Gasteiger charge is 2.25. The highest BCUT2D eigenvalue weighted by molar-refractivity contribution is 5.92. The van der Waals surface area contributed by atoms with Crippen molar-refractivity contribution in [3.8, 4) is 5.75 Å². The van der Waals surface area contributed by atoms with Crippen LogP contribution in [0.15, 0.2) is 30.4 Å². The van der Waals surface area contributed by atoms with Crippen LogP contribution < -0.4 is 10.1 Å². The fourth-order valence-corrected chi connectivity index (χ4v) is 2.62. The number of hydrogen-bond donors (Lipinski definition) is 1. The van der Waals surface area contributed by atoms with Crippen LogP contribution in [0.5, 0.6) is 5.75 Å². The second-order valence-corrected chi connectivity index (χ2v) is 5.37. The molecule has 0 unspecified atom stereocenters. The molecule has 0 aliphatic carbocycles. The van der Waals surface area contributed by atoms with Crippen molar-refractivity contribution < 1.29 is 9.53 Å². The third-order valence-corrected chi connectivity index (χ3v) is 3.86. The molecule has 1 aromatic rings. The molecule has 1 aliphatic heterocycles. The van der Waals surface area contributed by atoms with E-state index in [0.717, 1.165) is 30.5 Å². The number of nitrogens with zero attached hydrogens (tertiary/aromatic N) is 1. The Bertz CT molecular complexity index is 526. The molecule has 0 saturated carbocycles. The van der Waals surface area contributed by atoms with E-state index in [-0.39, 0.29) is 12.1 Å². The van der Waals surface area contributed by atoms with E-state index in [9.17, 15) is 4.79 Å². The van der Waals surface area contributed by atoms with Gasteiger partial charge in [0, 0.05) is 6.54 Å². The average molecular weight is 288 g/mol. The molecule has 1 heterocycles. The number of ether oxygens (including phenoxy) is 1. The number of rotatable bonds is 5. The van der Waals surface area contributed by atoms with Crippen LogP contribution in [0.2, 0.25) is 0 Å². The number of carbonyl (C=O) groups excluding carboxylic acids is 1. The van der Waals surface area contributed by atoms with Gasteiger partial charge in [-0.05, 0) is 25.0 Å². The second kappa shape index (κ2) is 7.16. The Morgan fingerprint density at radius 3 is 3.00 bits per heavy atom. The molecule has 0 saturated heterocycles. The minimum atomic E-state index is -0.0614. The van der Waals surface area contributed by atoms with E-state index < -0.39 is 0 Å². The molecule has 0 bridgehead atoms. The highest BCUT2D eigenvalue weighted by Crippen LogP contribution is 2.28. The van der Waals surface area contributed by atoms with Crippen molar-refractivity contribution in [2.24, 2.45) is 0 Å². The largest absolute Gasteiger partial charge is 0.495 e. The molecule has 2 amide bonds. The second-order valence-electron chi connectivity index (χ2n) is 5.37. The van der Waals surface area contributed by atoms with Crippen LogP contribution in [0.1, 0.15) is 31.7 Å². The maximum atomic E-state index is 12.5. The zero-order valence-corrected chi connectivity index (χ0v) is 13.1. The Morgan fingerprint density at radius 2 is 2.29 bits per heavy atom. The lowest BCUT2D eigenvalue weighted by atomic mass is 10.1. The lowest BCUT2D eigenvalue weighted by molar-refractivity contribution is 0.208. The van der Waals surface area contributed by atoms with Crippen molar-refractivity contribution in [3.05, 3.63) is 35.9 Å². The standard InChI is InChI=1S/C17H24N2O2/c1-4-5-9-14-10-7-12-19(14)17(20)18-16-13(2)8-6-11-15(16)21-3/h6-8,10-11,14H,4-5,9,12H2,1-3H3,(H,18,20)/t14-/m0/s1. The Hall–Kier alpha value is -1.97. The quantitative estimate of drug-likeness (QED) is 0.833. The van der Waals surface area contributed by atoms with E-state index in [1.807, 2.05) is 30.0 Å². The van der Waals surface area contributed by atoms with E-state index in [4.69, 9.17) is 4.74 Å². The van der Waals surface area contributed by atoms with Gasteiger partial charge < -0.3 is 15.0 Å². The van der Waals surface area contributed by atoms with Gasteiger partial charge in [0.1, 0.15) is 5.75 Å². The number of urea groups is 1. The first-order chi connectivity index (χ1) is 10.2. The molecule has 0 fully saturated rings. The van der Waals surface area contributed by atoms with E-state index in [0.29, 0.717) is 12.3 Å². The van der Waals surface area contributed by atoms with Gasteiger partial charge in [-0.1, -0.05) is 44.1 Å². The molecular weight excluding hydrogens is 264 g/mol. The topological polar surface area (TPSA) is 41.6 Å². The zero-order valence-electron chi connectivity index (χ0n) is 13.1. The monoisotopic (exact) mass is 288 g/mol. The number of benzene rings is 1. The van der Waals surface area contributed by atoms with E-state index in [1.165, 1.54) is 0 Å². The van der Waals surface area contributed by atoms with Crippen molar-refractivity contribution in [3.63, 3.8) is 0 Å². The summed E-state index contributed by atoms with van der Waals surface area (Å²) in [6.45, 7) is 4.81. The van der Waals surface area contributed by atoms with Gasteiger partial charge in [-0.15, -0.1) is 0 Å². The summed E-state index contributed by atoms with van der Waals surface area (Å²) in [5.74, 6) is 0.695. The van der Waals surface area contributed by atoms with Crippen molar-refractivity contribution in [1.82, 2.24) is 4.90 Å². The lowest BCUT2D eigenvalue weighted by Crippen LogP contribution is -2.39. The van der Waals surface area contributed by atoms with Gasteiger partial charge in [-0.2, -0.15) is 0 Å². The first-order valence-corrected chi connectivity index (χ1v) is 7.55. The predicted molar refractivity (Wildman–Crippen MR) is 85.9 cm³/mol. The zero-order chi connectivity index (χ0) is 15.2. The molecule has 1 atom stereocenters. The number of anilines is 1. The molecule has 0 spiro atoms. The SMILES string of the molecule is CCCC[C@H]1C=CCN1C(=O)Nc1c(C)cccc1OC. The molecular formula is C17H24N2O2. The summed E-state index contributed by atoms with van der Waals surface area (Å²) < 4.78 is 5.33. The highest BCUT2D eigenvalue weighted by atomic mass is 16.5. The molecule has 0 radical (unpaired) electrons. The van der Waals surface area contributed by atoms with Crippen molar-refractivity contribution in [2.75, 3.05) is 19.0 Å². The molecule has 1 aromatic carbocycles. The minimum Gasteiger partial charge on any atom is -0.495 e. The summed E-state index contributed by atoms with van der Waals surface area (Å²) in [7, 11) is 1.62. The summed E-state index contributed by atoms with van der Waals surface area (Å²) in [5.41, 5.74) is 1.76. The van der Waals surface area contributed by atoms with Crippen LogP contribution in [0.4, 0.5) is 10.5 Å². The van der Waals surface area contributed by atoms with Gasteiger partial charge in [0.15, 0.2) is 0 Å². The van der Waals surface area contributed by atoms with Crippen LogP contribution >= 0.6 is 0 Å². The minimum absolute atomic E-state index is 0.0614. The number of nitrogens with one attached hydrogen (secondary N) is 1. The van der Waals surface area contributed by atoms with Crippen LogP contribution in [0.3, 0.4) is 0 Å². The smallest absolute Gasteiger partial charge is 0.322 e. The van der Waals surface area contributed by atoms with Crippen LogP contribution in [0.25, 0.3) is 0 Å². The maximum Gasteiger partial charge on any atom is 0.322 e. The number of aryl methyl sites for hydroxylation is 1. The van der Waals surface area contributed by atoms with E-state index >= 15 is 0 Å². The fourth-order valence-electron chi connectivity index (χ4n) is 2.62. The normalized spacial score (nSPS) is 17.1. The first-order valence-electron chi connectivity index (χ1n) is 7.55. The summed E-state index contributed by atoms with van der Waals surface area (Å²) >= 11 is 0. The summed E-state index contributed by atoms with van der Waals surface area (Å²) in [5, 5.41) is 3.00. The third-order valence-electron chi connectivity index (χ3n) is 3.86. The predicted octanol–water partition coefficient (Wildman–Crippen LogP) is 3.97.